The molecule has 0 amide bonds. The molecule has 118 valence electrons. The number of hydrogen-bond acceptors (Lipinski definition) is 4. The lowest BCUT2D eigenvalue weighted by Gasteiger charge is -2.35. The van der Waals surface area contributed by atoms with Gasteiger partial charge in [0.05, 0.1) is 6.61 Å². The smallest absolute Gasteiger partial charge is 0.247 e. The van der Waals surface area contributed by atoms with Crippen LogP contribution in [0.5, 0.6) is 5.75 Å². The molecule has 1 aliphatic rings. The van der Waals surface area contributed by atoms with Gasteiger partial charge in [0, 0.05) is 23.1 Å². The quantitative estimate of drug-likeness (QED) is 0.874. The van der Waals surface area contributed by atoms with Gasteiger partial charge >= 0.3 is 0 Å². The predicted molar refractivity (Wildman–Crippen MR) is 85.9 cm³/mol. The van der Waals surface area contributed by atoms with E-state index < -0.39 is 10.0 Å². The van der Waals surface area contributed by atoms with E-state index in [1.165, 1.54) is 4.31 Å². The van der Waals surface area contributed by atoms with Crippen LogP contribution in [-0.2, 0) is 10.0 Å². The first-order chi connectivity index (χ1) is 9.86. The van der Waals surface area contributed by atoms with Gasteiger partial charge in [0.2, 0.25) is 10.0 Å². The fraction of sp³-hybridized carbons (Fsp3) is 0.571. The van der Waals surface area contributed by atoms with Gasteiger partial charge in [0.15, 0.2) is 0 Å². The van der Waals surface area contributed by atoms with Crippen LogP contribution >= 0.6 is 15.9 Å². The highest BCUT2D eigenvalue weighted by Gasteiger charge is 2.35. The van der Waals surface area contributed by atoms with E-state index in [0.717, 1.165) is 0 Å². The summed E-state index contributed by atoms with van der Waals surface area (Å²) in [6, 6.07) is 5.02. The minimum absolute atomic E-state index is 0.0697. The lowest BCUT2D eigenvalue weighted by Crippen LogP contribution is -2.48. The van der Waals surface area contributed by atoms with E-state index in [1.54, 1.807) is 18.2 Å². The molecule has 21 heavy (non-hydrogen) atoms. The summed E-state index contributed by atoms with van der Waals surface area (Å²) in [5, 5.41) is 0. The number of nitrogens with zero attached hydrogens (tertiary/aromatic N) is 1. The minimum Gasteiger partial charge on any atom is -0.492 e. The van der Waals surface area contributed by atoms with Crippen molar-refractivity contribution in [3.05, 3.63) is 22.7 Å². The Hall–Kier alpha value is -0.630. The van der Waals surface area contributed by atoms with Crippen molar-refractivity contribution < 1.29 is 13.2 Å². The van der Waals surface area contributed by atoms with Crippen molar-refractivity contribution in [3.63, 3.8) is 0 Å². The summed E-state index contributed by atoms with van der Waals surface area (Å²) in [7, 11) is -3.59. The van der Waals surface area contributed by atoms with Gasteiger partial charge in [-0.05, 0) is 44.9 Å². The maximum Gasteiger partial charge on any atom is 0.247 e. The summed E-state index contributed by atoms with van der Waals surface area (Å²) in [6.07, 6.45) is 1.36. The second-order valence-corrected chi connectivity index (χ2v) is 8.05. The number of sulfonamides is 1. The molecule has 0 radical (unpaired) electrons. The Morgan fingerprint density at radius 2 is 2.19 bits per heavy atom. The largest absolute Gasteiger partial charge is 0.492 e. The summed E-state index contributed by atoms with van der Waals surface area (Å²) >= 11 is 3.33. The molecule has 0 aliphatic carbocycles. The second kappa shape index (κ2) is 6.64. The van der Waals surface area contributed by atoms with Crippen LogP contribution in [0.4, 0.5) is 0 Å². The zero-order valence-corrected chi connectivity index (χ0v) is 14.7. The lowest BCUT2D eigenvalue weighted by molar-refractivity contribution is 0.246. The molecule has 2 unspecified atom stereocenters. The maximum atomic E-state index is 12.9. The van der Waals surface area contributed by atoms with E-state index in [-0.39, 0.29) is 17.0 Å². The van der Waals surface area contributed by atoms with E-state index in [0.29, 0.717) is 36.2 Å². The highest BCUT2D eigenvalue weighted by atomic mass is 79.9. The molecule has 7 heteroatoms. The first kappa shape index (κ1) is 16.7. The number of rotatable bonds is 4. The topological polar surface area (TPSA) is 72.6 Å². The van der Waals surface area contributed by atoms with Crippen LogP contribution in [-0.4, -0.2) is 38.0 Å². The summed E-state index contributed by atoms with van der Waals surface area (Å²) in [4.78, 5) is 0.209. The van der Waals surface area contributed by atoms with Crippen LogP contribution in [0, 0.1) is 0 Å². The fourth-order valence-corrected chi connectivity index (χ4v) is 4.96. The summed E-state index contributed by atoms with van der Waals surface area (Å²) in [5.41, 5.74) is 5.92. The molecule has 1 aliphatic heterocycles. The molecule has 0 saturated carbocycles. The summed E-state index contributed by atoms with van der Waals surface area (Å²) < 4.78 is 33.6. The molecule has 1 fully saturated rings. The van der Waals surface area contributed by atoms with Crippen LogP contribution in [0.1, 0.15) is 26.7 Å². The van der Waals surface area contributed by atoms with Crippen molar-refractivity contribution in [2.75, 3.05) is 13.2 Å². The zero-order chi connectivity index (χ0) is 15.6. The Bertz CT molecular complexity index is 606. The van der Waals surface area contributed by atoms with Crippen LogP contribution in [0.3, 0.4) is 0 Å². The van der Waals surface area contributed by atoms with Crippen molar-refractivity contribution in [2.45, 2.75) is 43.7 Å². The summed E-state index contributed by atoms with van der Waals surface area (Å²) in [5.74, 6) is 0.391. The molecule has 0 spiro atoms. The van der Waals surface area contributed by atoms with Crippen LogP contribution in [0.25, 0.3) is 0 Å². The monoisotopic (exact) mass is 376 g/mol. The average Bonchev–Trinajstić information content (AvgIpc) is 2.40. The zero-order valence-electron chi connectivity index (χ0n) is 12.3. The van der Waals surface area contributed by atoms with Crippen LogP contribution < -0.4 is 10.5 Å². The van der Waals surface area contributed by atoms with Crippen molar-refractivity contribution in [3.8, 4) is 5.75 Å². The first-order valence-corrected chi connectivity index (χ1v) is 9.29. The highest BCUT2D eigenvalue weighted by Crippen LogP contribution is 2.32. The Morgan fingerprint density at radius 1 is 1.48 bits per heavy atom. The van der Waals surface area contributed by atoms with Crippen molar-refractivity contribution in [1.82, 2.24) is 4.31 Å². The minimum atomic E-state index is -3.59. The standard InChI is InChI=1S/C14H21BrN2O3S/c1-3-20-13-5-4-11(15)9-14(13)21(18,19)17-7-6-12(16)8-10(17)2/h4-5,9-10,12H,3,6-8,16H2,1-2H3. The molecule has 1 heterocycles. The van der Waals surface area contributed by atoms with E-state index in [2.05, 4.69) is 15.9 Å². The molecule has 5 nitrogen and oxygen atoms in total. The van der Waals surface area contributed by atoms with Gasteiger partial charge in [-0.15, -0.1) is 0 Å². The molecule has 0 aromatic heterocycles. The average molecular weight is 377 g/mol. The Labute approximate surface area is 134 Å². The maximum absolute atomic E-state index is 12.9. The molecule has 1 saturated heterocycles. The van der Waals surface area contributed by atoms with Crippen molar-refractivity contribution in [1.29, 1.82) is 0 Å². The third-order valence-electron chi connectivity index (χ3n) is 3.65. The molecule has 2 N–H and O–H groups in total. The van der Waals surface area contributed by atoms with E-state index >= 15 is 0 Å². The number of ether oxygens (including phenoxy) is 1. The number of piperidine rings is 1. The predicted octanol–water partition coefficient (Wildman–Crippen LogP) is 2.35. The molecule has 2 atom stereocenters. The second-order valence-electron chi connectivity index (χ2n) is 5.27. The summed E-state index contributed by atoms with van der Waals surface area (Å²) in [6.45, 7) is 4.60. The van der Waals surface area contributed by atoms with Gasteiger partial charge in [0.1, 0.15) is 10.6 Å². The number of halogens is 1. The Morgan fingerprint density at radius 3 is 2.81 bits per heavy atom. The first-order valence-electron chi connectivity index (χ1n) is 7.06. The van der Waals surface area contributed by atoms with Gasteiger partial charge in [-0.1, -0.05) is 15.9 Å². The SMILES string of the molecule is CCOc1ccc(Br)cc1S(=O)(=O)N1CCC(N)CC1C. The molecular formula is C14H21BrN2O3S. The van der Waals surface area contributed by atoms with Gasteiger partial charge < -0.3 is 10.5 Å². The van der Waals surface area contributed by atoms with Crippen molar-refractivity contribution >= 4 is 26.0 Å². The normalized spacial score (nSPS) is 24.0. The van der Waals surface area contributed by atoms with Crippen molar-refractivity contribution in [2.24, 2.45) is 5.73 Å². The molecule has 2 rings (SSSR count). The number of hydrogen-bond donors (Lipinski definition) is 1. The van der Waals surface area contributed by atoms with Gasteiger partial charge in [-0.2, -0.15) is 4.31 Å². The van der Waals surface area contributed by atoms with Gasteiger partial charge in [0.25, 0.3) is 0 Å². The van der Waals surface area contributed by atoms with E-state index in [4.69, 9.17) is 10.5 Å². The van der Waals surface area contributed by atoms with E-state index in [9.17, 15) is 8.42 Å². The molecule has 0 bridgehead atoms. The highest BCUT2D eigenvalue weighted by molar-refractivity contribution is 9.10. The third-order valence-corrected chi connectivity index (χ3v) is 6.18. The molecule has 1 aromatic rings. The molecular weight excluding hydrogens is 356 g/mol. The van der Waals surface area contributed by atoms with Gasteiger partial charge in [-0.3, -0.25) is 0 Å². The van der Waals surface area contributed by atoms with E-state index in [1.807, 2.05) is 13.8 Å². The molecule has 1 aromatic carbocycles. The van der Waals surface area contributed by atoms with Gasteiger partial charge in [-0.25, -0.2) is 8.42 Å². The van der Waals surface area contributed by atoms with Crippen LogP contribution in [0.15, 0.2) is 27.6 Å². The fourth-order valence-electron chi connectivity index (χ4n) is 2.63. The third kappa shape index (κ3) is 3.59. The lowest BCUT2D eigenvalue weighted by atomic mass is 10.0. The Balaban J connectivity index is 2.41. The Kier molecular flexibility index (Phi) is 5.29. The van der Waals surface area contributed by atoms with Crippen LogP contribution in [0.2, 0.25) is 0 Å². The number of benzene rings is 1. The number of nitrogens with two attached hydrogens (primary N) is 1.